The van der Waals surface area contributed by atoms with Gasteiger partial charge in [0.1, 0.15) is 5.75 Å². The molecule has 0 radical (unpaired) electrons. The van der Waals surface area contributed by atoms with Crippen molar-refractivity contribution in [2.45, 2.75) is 17.9 Å². The third-order valence-electron chi connectivity index (χ3n) is 3.07. The highest BCUT2D eigenvalue weighted by molar-refractivity contribution is 7.92. The molecule has 0 heterocycles. The summed E-state index contributed by atoms with van der Waals surface area (Å²) < 4.78 is 32.4. The average molecular weight is 306 g/mol. The highest BCUT2D eigenvalue weighted by Crippen LogP contribution is 2.26. The molecule has 1 unspecified atom stereocenters. The number of rotatable bonds is 5. The van der Waals surface area contributed by atoms with Crippen LogP contribution >= 0.6 is 0 Å². The van der Waals surface area contributed by atoms with Crippen molar-refractivity contribution in [3.05, 3.63) is 54.1 Å². The Hall–Kier alpha value is -2.05. The van der Waals surface area contributed by atoms with Crippen LogP contribution in [0, 0.1) is 0 Å². The Morgan fingerprint density at radius 1 is 1.10 bits per heavy atom. The Kier molecular flexibility index (Phi) is 4.50. The van der Waals surface area contributed by atoms with E-state index in [9.17, 15) is 8.42 Å². The first-order valence-corrected chi connectivity index (χ1v) is 7.94. The summed E-state index contributed by atoms with van der Waals surface area (Å²) in [5.74, 6) is 0.466. The number of methoxy groups -OCH3 is 1. The third kappa shape index (κ3) is 3.53. The predicted octanol–water partition coefficient (Wildman–Crippen LogP) is 2.52. The van der Waals surface area contributed by atoms with Gasteiger partial charge in [-0.1, -0.05) is 24.3 Å². The normalized spacial score (nSPS) is 12.7. The average Bonchev–Trinajstić information content (AvgIpc) is 2.47. The lowest BCUT2D eigenvalue weighted by Crippen LogP contribution is -2.14. The maximum Gasteiger partial charge on any atom is 0.262 e. The van der Waals surface area contributed by atoms with Crippen molar-refractivity contribution in [2.75, 3.05) is 11.8 Å². The van der Waals surface area contributed by atoms with Crippen LogP contribution in [-0.2, 0) is 10.0 Å². The van der Waals surface area contributed by atoms with E-state index in [0.29, 0.717) is 11.4 Å². The first-order valence-electron chi connectivity index (χ1n) is 6.45. The van der Waals surface area contributed by atoms with E-state index in [-0.39, 0.29) is 10.9 Å². The zero-order valence-corrected chi connectivity index (χ0v) is 12.7. The second kappa shape index (κ2) is 6.15. The Morgan fingerprint density at radius 3 is 2.29 bits per heavy atom. The molecule has 0 aromatic heterocycles. The quantitative estimate of drug-likeness (QED) is 0.889. The predicted molar refractivity (Wildman–Crippen MR) is 82.8 cm³/mol. The number of para-hydroxylation sites is 2. The zero-order chi connectivity index (χ0) is 15.5. The van der Waals surface area contributed by atoms with Crippen molar-refractivity contribution in [2.24, 2.45) is 5.73 Å². The summed E-state index contributed by atoms with van der Waals surface area (Å²) in [6.07, 6.45) is 0. The van der Waals surface area contributed by atoms with Crippen LogP contribution in [0.3, 0.4) is 0 Å². The lowest BCUT2D eigenvalue weighted by molar-refractivity contribution is 0.417. The standard InChI is InChI=1S/C15H18N2O3S/c1-11(16)12-7-9-13(10-8-12)21(18,19)17-14-5-3-4-6-15(14)20-2/h3-11,17H,16H2,1-2H3. The first kappa shape index (κ1) is 15.3. The number of hydrogen-bond donors (Lipinski definition) is 2. The summed E-state index contributed by atoms with van der Waals surface area (Å²) in [6.45, 7) is 1.84. The molecule has 2 rings (SSSR count). The van der Waals surface area contributed by atoms with Gasteiger partial charge in [0.05, 0.1) is 17.7 Å². The molecule has 2 aromatic carbocycles. The monoisotopic (exact) mass is 306 g/mol. The summed E-state index contributed by atoms with van der Waals surface area (Å²) in [5.41, 5.74) is 7.03. The fraction of sp³-hybridized carbons (Fsp3) is 0.200. The van der Waals surface area contributed by atoms with Crippen LogP contribution in [0.25, 0.3) is 0 Å². The van der Waals surface area contributed by atoms with E-state index in [4.69, 9.17) is 10.5 Å². The van der Waals surface area contributed by atoms with Gasteiger partial charge >= 0.3 is 0 Å². The molecule has 6 heteroatoms. The second-order valence-corrected chi connectivity index (χ2v) is 6.35. The van der Waals surface area contributed by atoms with Gasteiger partial charge in [0.25, 0.3) is 10.0 Å². The fourth-order valence-electron chi connectivity index (χ4n) is 1.88. The van der Waals surface area contributed by atoms with Crippen molar-refractivity contribution in [3.63, 3.8) is 0 Å². The highest BCUT2D eigenvalue weighted by Gasteiger charge is 2.16. The van der Waals surface area contributed by atoms with Crippen LogP contribution in [0.2, 0.25) is 0 Å². The number of anilines is 1. The maximum absolute atomic E-state index is 12.4. The molecule has 0 aliphatic rings. The molecule has 2 aromatic rings. The van der Waals surface area contributed by atoms with Crippen LogP contribution in [0.5, 0.6) is 5.75 Å². The number of hydrogen-bond acceptors (Lipinski definition) is 4. The third-order valence-corrected chi connectivity index (χ3v) is 4.45. The molecule has 1 atom stereocenters. The number of sulfonamides is 1. The summed E-state index contributed by atoms with van der Waals surface area (Å²) in [7, 11) is -2.17. The van der Waals surface area contributed by atoms with Gasteiger partial charge in [0.2, 0.25) is 0 Å². The Labute approximate surface area is 124 Å². The van der Waals surface area contributed by atoms with E-state index in [1.54, 1.807) is 36.4 Å². The van der Waals surface area contributed by atoms with Crippen LogP contribution in [0.1, 0.15) is 18.5 Å². The van der Waals surface area contributed by atoms with E-state index in [2.05, 4.69) is 4.72 Å². The largest absolute Gasteiger partial charge is 0.495 e. The zero-order valence-electron chi connectivity index (χ0n) is 11.9. The molecule has 0 saturated carbocycles. The van der Waals surface area contributed by atoms with Crippen molar-refractivity contribution in [1.82, 2.24) is 0 Å². The fourth-order valence-corrected chi connectivity index (χ4v) is 2.95. The van der Waals surface area contributed by atoms with Crippen LogP contribution in [0.4, 0.5) is 5.69 Å². The molecule has 0 spiro atoms. The Balaban J connectivity index is 2.30. The second-order valence-electron chi connectivity index (χ2n) is 4.66. The van der Waals surface area contributed by atoms with Gasteiger partial charge in [-0.2, -0.15) is 0 Å². The van der Waals surface area contributed by atoms with Crippen molar-refractivity contribution in [3.8, 4) is 5.75 Å². The first-order chi connectivity index (χ1) is 9.94. The van der Waals surface area contributed by atoms with Crippen LogP contribution < -0.4 is 15.2 Å². The van der Waals surface area contributed by atoms with Gasteiger partial charge in [0, 0.05) is 6.04 Å². The number of nitrogens with two attached hydrogens (primary N) is 1. The minimum atomic E-state index is -3.66. The smallest absolute Gasteiger partial charge is 0.262 e. The molecular formula is C15H18N2O3S. The molecule has 21 heavy (non-hydrogen) atoms. The van der Waals surface area contributed by atoms with Crippen LogP contribution in [-0.4, -0.2) is 15.5 Å². The van der Waals surface area contributed by atoms with Gasteiger partial charge in [0.15, 0.2) is 0 Å². The number of nitrogens with one attached hydrogen (secondary N) is 1. The van der Waals surface area contributed by atoms with E-state index < -0.39 is 10.0 Å². The molecule has 0 aliphatic carbocycles. The molecule has 0 bridgehead atoms. The Morgan fingerprint density at radius 2 is 1.71 bits per heavy atom. The molecule has 0 amide bonds. The van der Waals surface area contributed by atoms with Gasteiger partial charge in [-0.15, -0.1) is 0 Å². The Bertz CT molecular complexity index is 710. The molecule has 112 valence electrons. The van der Waals surface area contributed by atoms with Gasteiger partial charge in [-0.3, -0.25) is 4.72 Å². The maximum atomic E-state index is 12.4. The number of ether oxygens (including phenoxy) is 1. The number of benzene rings is 2. The minimum absolute atomic E-state index is 0.135. The van der Waals surface area contributed by atoms with Crippen molar-refractivity contribution < 1.29 is 13.2 Å². The highest BCUT2D eigenvalue weighted by atomic mass is 32.2. The van der Waals surface area contributed by atoms with E-state index >= 15 is 0 Å². The molecule has 0 aliphatic heterocycles. The summed E-state index contributed by atoms with van der Waals surface area (Å²) in [4.78, 5) is 0.179. The summed E-state index contributed by atoms with van der Waals surface area (Å²) in [5, 5.41) is 0. The van der Waals surface area contributed by atoms with Gasteiger partial charge < -0.3 is 10.5 Å². The molecule has 0 fully saturated rings. The minimum Gasteiger partial charge on any atom is -0.495 e. The van der Waals surface area contributed by atoms with Crippen LogP contribution in [0.15, 0.2) is 53.4 Å². The van der Waals surface area contributed by atoms with E-state index in [1.807, 2.05) is 6.92 Å². The van der Waals surface area contributed by atoms with Crippen molar-refractivity contribution >= 4 is 15.7 Å². The SMILES string of the molecule is COc1ccccc1NS(=O)(=O)c1ccc(C(C)N)cc1. The van der Waals surface area contributed by atoms with Gasteiger partial charge in [-0.25, -0.2) is 8.42 Å². The summed E-state index contributed by atoms with van der Waals surface area (Å²) >= 11 is 0. The topological polar surface area (TPSA) is 81.4 Å². The van der Waals surface area contributed by atoms with Gasteiger partial charge in [-0.05, 0) is 36.8 Å². The molecule has 5 nitrogen and oxygen atoms in total. The lowest BCUT2D eigenvalue weighted by Gasteiger charge is -2.12. The lowest BCUT2D eigenvalue weighted by atomic mass is 10.1. The summed E-state index contributed by atoms with van der Waals surface area (Å²) in [6, 6.07) is 13.2. The molecule has 3 N–H and O–H groups in total. The molecular weight excluding hydrogens is 288 g/mol. The van der Waals surface area contributed by atoms with E-state index in [0.717, 1.165) is 5.56 Å². The van der Waals surface area contributed by atoms with Crippen molar-refractivity contribution in [1.29, 1.82) is 0 Å². The van der Waals surface area contributed by atoms with E-state index in [1.165, 1.54) is 19.2 Å². The molecule has 0 saturated heterocycles.